The van der Waals surface area contributed by atoms with Crippen LogP contribution in [-0.4, -0.2) is 55.0 Å². The molecule has 0 heterocycles. The van der Waals surface area contributed by atoms with Gasteiger partial charge >= 0.3 is 6.18 Å². The number of nitrogens with zero attached hydrogens (tertiary/aromatic N) is 1. The summed E-state index contributed by atoms with van der Waals surface area (Å²) in [6, 6.07) is 12.3. The SMILES string of the molecule is N=C(CC(=Nc1ccccc1Cl)c1ccc(C(=O)NCCOCCO)cc1)C(F)(F)F. The molecule has 0 aliphatic rings. The lowest BCUT2D eigenvalue weighted by Gasteiger charge is -2.12. The van der Waals surface area contributed by atoms with Crippen LogP contribution in [0.25, 0.3) is 0 Å². The highest BCUT2D eigenvalue weighted by molar-refractivity contribution is 6.33. The lowest BCUT2D eigenvalue weighted by Crippen LogP contribution is -2.27. The normalized spacial score (nSPS) is 12.0. The molecule has 0 aromatic heterocycles. The van der Waals surface area contributed by atoms with E-state index in [4.69, 9.17) is 26.9 Å². The molecule has 3 N–H and O–H groups in total. The van der Waals surface area contributed by atoms with Crippen LogP contribution in [0, 0.1) is 5.41 Å². The molecule has 0 atom stereocenters. The summed E-state index contributed by atoms with van der Waals surface area (Å²) in [6.45, 7) is 0.533. The number of para-hydroxylation sites is 1. The number of halogens is 4. The van der Waals surface area contributed by atoms with Gasteiger partial charge in [0.25, 0.3) is 5.91 Å². The van der Waals surface area contributed by atoms with Gasteiger partial charge in [0.1, 0.15) is 5.71 Å². The minimum Gasteiger partial charge on any atom is -0.394 e. The van der Waals surface area contributed by atoms with Gasteiger partial charge in [0.2, 0.25) is 0 Å². The minimum atomic E-state index is -4.78. The van der Waals surface area contributed by atoms with Crippen LogP contribution in [0.15, 0.2) is 53.5 Å². The maximum atomic E-state index is 12.9. The lowest BCUT2D eigenvalue weighted by atomic mass is 10.0. The molecule has 31 heavy (non-hydrogen) atoms. The second-order valence-corrected chi connectivity index (χ2v) is 6.74. The second-order valence-electron chi connectivity index (χ2n) is 6.33. The summed E-state index contributed by atoms with van der Waals surface area (Å²) in [5.74, 6) is -0.383. The van der Waals surface area contributed by atoms with Crippen molar-refractivity contribution in [3.63, 3.8) is 0 Å². The van der Waals surface area contributed by atoms with Gasteiger partial charge in [0, 0.05) is 18.5 Å². The van der Waals surface area contributed by atoms with E-state index in [1.165, 1.54) is 24.3 Å². The molecule has 0 fully saturated rings. The smallest absolute Gasteiger partial charge is 0.394 e. The first-order valence-electron chi connectivity index (χ1n) is 9.26. The van der Waals surface area contributed by atoms with Gasteiger partial charge in [0.05, 0.1) is 36.2 Å². The number of nitrogens with one attached hydrogen (secondary N) is 2. The topological polar surface area (TPSA) is 94.8 Å². The van der Waals surface area contributed by atoms with E-state index < -0.39 is 18.3 Å². The number of rotatable bonds is 10. The largest absolute Gasteiger partial charge is 0.429 e. The Bertz CT molecular complexity index is 931. The Hall–Kier alpha value is -2.75. The molecular formula is C21H21ClF3N3O3. The molecule has 2 aromatic carbocycles. The number of hydrogen-bond donors (Lipinski definition) is 3. The average molecular weight is 456 g/mol. The van der Waals surface area contributed by atoms with Crippen LogP contribution in [-0.2, 0) is 4.74 Å². The van der Waals surface area contributed by atoms with Crippen LogP contribution in [0.5, 0.6) is 0 Å². The Kier molecular flexibility index (Phi) is 9.17. The van der Waals surface area contributed by atoms with Crippen molar-refractivity contribution in [2.45, 2.75) is 12.6 Å². The average Bonchev–Trinajstić information content (AvgIpc) is 2.74. The number of hydrogen-bond acceptors (Lipinski definition) is 5. The molecule has 1 amide bonds. The van der Waals surface area contributed by atoms with E-state index in [1.54, 1.807) is 24.3 Å². The number of alkyl halides is 3. The minimum absolute atomic E-state index is 0.000198. The van der Waals surface area contributed by atoms with Gasteiger partial charge in [0.15, 0.2) is 0 Å². The van der Waals surface area contributed by atoms with Gasteiger partial charge in [-0.1, -0.05) is 35.9 Å². The zero-order valence-electron chi connectivity index (χ0n) is 16.4. The van der Waals surface area contributed by atoms with Crippen molar-refractivity contribution in [3.8, 4) is 0 Å². The highest BCUT2D eigenvalue weighted by Crippen LogP contribution is 2.27. The predicted octanol–water partition coefficient (Wildman–Crippen LogP) is 4.17. The van der Waals surface area contributed by atoms with Gasteiger partial charge in [-0.05, 0) is 29.8 Å². The third-order valence-corrected chi connectivity index (χ3v) is 4.36. The molecular weight excluding hydrogens is 435 g/mol. The molecule has 10 heteroatoms. The molecule has 0 unspecified atom stereocenters. The fraction of sp³-hybridized carbons (Fsp3) is 0.286. The number of amides is 1. The Balaban J connectivity index is 2.21. The van der Waals surface area contributed by atoms with Crippen molar-refractivity contribution in [1.82, 2.24) is 5.32 Å². The van der Waals surface area contributed by atoms with E-state index in [2.05, 4.69) is 10.3 Å². The highest BCUT2D eigenvalue weighted by Gasteiger charge is 2.35. The van der Waals surface area contributed by atoms with Crippen molar-refractivity contribution in [1.29, 1.82) is 5.41 Å². The van der Waals surface area contributed by atoms with E-state index in [9.17, 15) is 18.0 Å². The zero-order valence-corrected chi connectivity index (χ0v) is 17.1. The molecule has 2 rings (SSSR count). The quantitative estimate of drug-likeness (QED) is 0.370. The number of carbonyl (C=O) groups excluding carboxylic acids is 1. The van der Waals surface area contributed by atoms with Crippen molar-refractivity contribution < 1.29 is 27.8 Å². The summed E-state index contributed by atoms with van der Waals surface area (Å²) in [4.78, 5) is 16.4. The number of ether oxygens (including phenoxy) is 1. The molecule has 2 aromatic rings. The fourth-order valence-corrected chi connectivity index (χ4v) is 2.66. The van der Waals surface area contributed by atoms with Gasteiger partial charge in [-0.3, -0.25) is 9.79 Å². The first kappa shape index (κ1) is 24.5. The second kappa shape index (κ2) is 11.6. The number of aliphatic imine (C=N–C) groups is 1. The molecule has 0 aliphatic carbocycles. The third kappa shape index (κ3) is 7.78. The Labute approximate surface area is 182 Å². The summed E-state index contributed by atoms with van der Waals surface area (Å²) >= 11 is 6.07. The van der Waals surface area contributed by atoms with E-state index in [0.29, 0.717) is 11.1 Å². The van der Waals surface area contributed by atoms with Crippen molar-refractivity contribution in [2.75, 3.05) is 26.4 Å². The van der Waals surface area contributed by atoms with Gasteiger partial charge in [-0.25, -0.2) is 0 Å². The maximum Gasteiger partial charge on any atom is 0.429 e. The van der Waals surface area contributed by atoms with Crippen LogP contribution < -0.4 is 5.32 Å². The molecule has 0 bridgehead atoms. The Morgan fingerprint density at radius 2 is 1.74 bits per heavy atom. The molecule has 166 valence electrons. The number of carbonyl (C=O) groups is 1. The van der Waals surface area contributed by atoms with E-state index in [-0.39, 0.29) is 48.7 Å². The van der Waals surface area contributed by atoms with Crippen LogP contribution in [0.4, 0.5) is 18.9 Å². The first-order chi connectivity index (χ1) is 14.7. The van der Waals surface area contributed by atoms with Crippen molar-refractivity contribution in [2.24, 2.45) is 4.99 Å². The number of aliphatic hydroxyl groups is 1. The Morgan fingerprint density at radius 3 is 2.35 bits per heavy atom. The summed E-state index contributed by atoms with van der Waals surface area (Å²) in [7, 11) is 0. The molecule has 0 saturated heterocycles. The van der Waals surface area contributed by atoms with Crippen molar-refractivity contribution in [3.05, 3.63) is 64.7 Å². The monoisotopic (exact) mass is 455 g/mol. The third-order valence-electron chi connectivity index (χ3n) is 4.04. The number of benzene rings is 2. The number of aliphatic hydroxyl groups excluding tert-OH is 1. The van der Waals surface area contributed by atoms with Gasteiger partial charge < -0.3 is 20.6 Å². The van der Waals surface area contributed by atoms with Crippen LogP contribution >= 0.6 is 11.6 Å². The standard InChI is InChI=1S/C21H21ClF3N3O3/c22-16-3-1-2-4-17(16)28-18(13-19(26)21(23,24)25)14-5-7-15(8-6-14)20(30)27-9-11-31-12-10-29/h1-8,26,29H,9-13H2,(H,27,30). The summed E-state index contributed by atoms with van der Waals surface area (Å²) in [5.41, 5.74) is -0.535. The zero-order chi connectivity index (χ0) is 22.9. The summed E-state index contributed by atoms with van der Waals surface area (Å²) in [5, 5.41) is 18.9. The van der Waals surface area contributed by atoms with E-state index >= 15 is 0 Å². The predicted molar refractivity (Wildman–Crippen MR) is 113 cm³/mol. The first-order valence-corrected chi connectivity index (χ1v) is 9.64. The van der Waals surface area contributed by atoms with Gasteiger partial charge in [-0.15, -0.1) is 0 Å². The lowest BCUT2D eigenvalue weighted by molar-refractivity contribution is -0.0605. The highest BCUT2D eigenvalue weighted by atomic mass is 35.5. The van der Waals surface area contributed by atoms with E-state index in [0.717, 1.165) is 0 Å². The van der Waals surface area contributed by atoms with Crippen LogP contribution in [0.2, 0.25) is 5.02 Å². The molecule has 0 spiro atoms. The molecule has 0 saturated carbocycles. The summed E-state index contributed by atoms with van der Waals surface area (Å²) < 4.78 is 43.8. The van der Waals surface area contributed by atoms with Gasteiger partial charge in [-0.2, -0.15) is 13.2 Å². The van der Waals surface area contributed by atoms with Crippen molar-refractivity contribution >= 4 is 34.6 Å². The van der Waals surface area contributed by atoms with E-state index in [1.807, 2.05) is 0 Å². The maximum absolute atomic E-state index is 12.9. The summed E-state index contributed by atoms with van der Waals surface area (Å²) in [6.07, 6.45) is -5.53. The molecule has 6 nitrogen and oxygen atoms in total. The Morgan fingerprint density at radius 1 is 1.10 bits per heavy atom. The van der Waals surface area contributed by atoms with Crippen LogP contribution in [0.3, 0.4) is 0 Å². The molecule has 0 aliphatic heterocycles. The fourth-order valence-electron chi connectivity index (χ4n) is 2.48. The molecule has 0 radical (unpaired) electrons. The van der Waals surface area contributed by atoms with Crippen LogP contribution in [0.1, 0.15) is 22.3 Å².